The van der Waals surface area contributed by atoms with Crippen molar-refractivity contribution in [1.82, 2.24) is 10.2 Å². The van der Waals surface area contributed by atoms with Crippen LogP contribution in [0.15, 0.2) is 24.3 Å². The lowest BCUT2D eigenvalue weighted by Crippen LogP contribution is -2.42. The normalized spacial score (nSPS) is 18.9. The second kappa shape index (κ2) is 6.52. The molecule has 108 valence electrons. The molecule has 0 spiro atoms. The minimum atomic E-state index is -0.839. The summed E-state index contributed by atoms with van der Waals surface area (Å²) >= 11 is 0. The molecule has 0 bridgehead atoms. The Morgan fingerprint density at radius 3 is 2.85 bits per heavy atom. The number of carbonyl (C=O) groups excluding carboxylic acids is 1. The van der Waals surface area contributed by atoms with Crippen LogP contribution in [0.4, 0.5) is 0 Å². The summed E-state index contributed by atoms with van der Waals surface area (Å²) < 4.78 is 0. The molecule has 0 aromatic heterocycles. The van der Waals surface area contributed by atoms with Crippen LogP contribution in [0.25, 0.3) is 0 Å². The van der Waals surface area contributed by atoms with Crippen LogP contribution in [0.2, 0.25) is 0 Å². The fourth-order valence-corrected chi connectivity index (χ4v) is 2.54. The Balaban J connectivity index is 1.84. The van der Waals surface area contributed by atoms with Gasteiger partial charge in [0.1, 0.15) is 6.04 Å². The van der Waals surface area contributed by atoms with Crippen molar-refractivity contribution in [1.29, 1.82) is 0 Å². The van der Waals surface area contributed by atoms with Crippen molar-refractivity contribution in [3.05, 3.63) is 35.4 Å². The Bertz CT molecular complexity index is 502. The number of likely N-dealkylation sites (tertiary alicyclic amines) is 1. The minimum absolute atomic E-state index is 0.124. The van der Waals surface area contributed by atoms with Gasteiger partial charge in [0, 0.05) is 6.54 Å². The minimum Gasteiger partial charge on any atom is -0.480 e. The largest absolute Gasteiger partial charge is 0.480 e. The van der Waals surface area contributed by atoms with Crippen molar-refractivity contribution in [3.63, 3.8) is 0 Å². The van der Waals surface area contributed by atoms with Gasteiger partial charge in [0.2, 0.25) is 5.91 Å². The van der Waals surface area contributed by atoms with E-state index in [-0.39, 0.29) is 12.5 Å². The summed E-state index contributed by atoms with van der Waals surface area (Å²) in [6.07, 6.45) is 1.46. The Morgan fingerprint density at radius 1 is 1.40 bits per heavy atom. The predicted molar refractivity (Wildman–Crippen MR) is 75.3 cm³/mol. The first-order valence-electron chi connectivity index (χ1n) is 6.86. The van der Waals surface area contributed by atoms with Gasteiger partial charge in [-0.3, -0.25) is 14.5 Å². The molecule has 1 saturated heterocycles. The number of nitrogens with one attached hydrogen (secondary N) is 1. The summed E-state index contributed by atoms with van der Waals surface area (Å²) in [4.78, 5) is 24.7. The molecule has 0 radical (unpaired) electrons. The molecule has 5 nitrogen and oxygen atoms in total. The van der Waals surface area contributed by atoms with Crippen molar-refractivity contribution < 1.29 is 14.7 Å². The van der Waals surface area contributed by atoms with Gasteiger partial charge in [0.25, 0.3) is 0 Å². The van der Waals surface area contributed by atoms with Crippen LogP contribution >= 0.6 is 0 Å². The van der Waals surface area contributed by atoms with Gasteiger partial charge < -0.3 is 10.4 Å². The number of carboxylic acids is 1. The van der Waals surface area contributed by atoms with Crippen molar-refractivity contribution in [2.75, 3.05) is 13.1 Å². The second-order valence-corrected chi connectivity index (χ2v) is 5.17. The van der Waals surface area contributed by atoms with E-state index in [4.69, 9.17) is 5.11 Å². The molecule has 2 N–H and O–H groups in total. The van der Waals surface area contributed by atoms with E-state index in [0.717, 1.165) is 17.5 Å². The van der Waals surface area contributed by atoms with Crippen molar-refractivity contribution in [3.8, 4) is 0 Å². The number of benzene rings is 1. The van der Waals surface area contributed by atoms with Gasteiger partial charge in [0.15, 0.2) is 0 Å². The average molecular weight is 276 g/mol. The molecule has 1 atom stereocenters. The van der Waals surface area contributed by atoms with E-state index in [0.29, 0.717) is 19.5 Å². The smallest absolute Gasteiger partial charge is 0.320 e. The van der Waals surface area contributed by atoms with Gasteiger partial charge in [-0.15, -0.1) is 0 Å². The molecule has 0 aliphatic carbocycles. The number of carbonyl (C=O) groups is 2. The molecule has 0 unspecified atom stereocenters. The Morgan fingerprint density at radius 2 is 2.15 bits per heavy atom. The first-order valence-corrected chi connectivity index (χ1v) is 6.86. The topological polar surface area (TPSA) is 69.6 Å². The van der Waals surface area contributed by atoms with Crippen LogP contribution in [0, 0.1) is 6.92 Å². The highest BCUT2D eigenvalue weighted by Gasteiger charge is 2.31. The summed E-state index contributed by atoms with van der Waals surface area (Å²) in [5, 5.41) is 11.9. The van der Waals surface area contributed by atoms with Crippen LogP contribution in [-0.2, 0) is 16.1 Å². The van der Waals surface area contributed by atoms with E-state index >= 15 is 0 Å². The van der Waals surface area contributed by atoms with Crippen molar-refractivity contribution >= 4 is 11.9 Å². The number of aliphatic carboxylic acids is 1. The van der Waals surface area contributed by atoms with E-state index in [2.05, 4.69) is 5.32 Å². The number of amides is 1. The van der Waals surface area contributed by atoms with Crippen molar-refractivity contribution in [2.45, 2.75) is 32.4 Å². The third-order valence-electron chi connectivity index (χ3n) is 3.73. The maximum atomic E-state index is 11.9. The molecule has 1 aliphatic rings. The van der Waals surface area contributed by atoms with Gasteiger partial charge >= 0.3 is 5.97 Å². The summed E-state index contributed by atoms with van der Waals surface area (Å²) in [6.45, 7) is 3.32. The number of hydrogen-bond donors (Lipinski definition) is 2. The van der Waals surface area contributed by atoms with Crippen LogP contribution in [-0.4, -0.2) is 41.0 Å². The first-order chi connectivity index (χ1) is 9.58. The standard InChI is InChI=1S/C15H20N2O3/c1-11-5-2-3-6-12(11)9-16-14(18)10-17-8-4-7-13(17)15(19)20/h2-3,5-6,13H,4,7-10H2,1H3,(H,16,18)(H,19,20)/t13-/m1/s1. The van der Waals surface area contributed by atoms with Crippen molar-refractivity contribution in [2.24, 2.45) is 0 Å². The van der Waals surface area contributed by atoms with Gasteiger partial charge in [-0.05, 0) is 37.4 Å². The molecule has 1 aliphatic heterocycles. The Kier molecular flexibility index (Phi) is 4.74. The molecule has 20 heavy (non-hydrogen) atoms. The van der Waals surface area contributed by atoms with E-state index in [9.17, 15) is 9.59 Å². The molecule has 2 rings (SSSR count). The third kappa shape index (κ3) is 3.57. The second-order valence-electron chi connectivity index (χ2n) is 5.17. The monoisotopic (exact) mass is 276 g/mol. The van der Waals surface area contributed by atoms with Crippen LogP contribution in [0.5, 0.6) is 0 Å². The predicted octanol–water partition coefficient (Wildman–Crippen LogP) is 1.16. The highest BCUT2D eigenvalue weighted by Crippen LogP contribution is 2.16. The quantitative estimate of drug-likeness (QED) is 0.846. The zero-order valence-electron chi connectivity index (χ0n) is 11.6. The number of rotatable bonds is 5. The summed E-state index contributed by atoms with van der Waals surface area (Å²) in [6, 6.07) is 7.37. The lowest BCUT2D eigenvalue weighted by molar-refractivity contribution is -0.142. The maximum Gasteiger partial charge on any atom is 0.320 e. The zero-order chi connectivity index (χ0) is 14.5. The molecule has 1 heterocycles. The SMILES string of the molecule is Cc1ccccc1CNC(=O)CN1CCC[C@@H]1C(=O)O. The van der Waals surface area contributed by atoms with E-state index in [1.54, 1.807) is 4.90 Å². The van der Waals surface area contributed by atoms with E-state index in [1.807, 2.05) is 31.2 Å². The summed E-state index contributed by atoms with van der Waals surface area (Å²) in [7, 11) is 0. The molecule has 0 saturated carbocycles. The third-order valence-corrected chi connectivity index (χ3v) is 3.73. The highest BCUT2D eigenvalue weighted by molar-refractivity contribution is 5.80. The molecular formula is C15H20N2O3. The lowest BCUT2D eigenvalue weighted by Gasteiger charge is -2.20. The van der Waals surface area contributed by atoms with Crippen LogP contribution in [0.1, 0.15) is 24.0 Å². The maximum absolute atomic E-state index is 11.9. The van der Waals surface area contributed by atoms with Gasteiger partial charge in [-0.1, -0.05) is 24.3 Å². The van der Waals surface area contributed by atoms with Gasteiger partial charge in [-0.2, -0.15) is 0 Å². The van der Waals surface area contributed by atoms with E-state index < -0.39 is 12.0 Å². The van der Waals surface area contributed by atoms with Crippen LogP contribution < -0.4 is 5.32 Å². The highest BCUT2D eigenvalue weighted by atomic mass is 16.4. The summed E-state index contributed by atoms with van der Waals surface area (Å²) in [5.41, 5.74) is 2.22. The van der Waals surface area contributed by atoms with E-state index in [1.165, 1.54) is 0 Å². The summed E-state index contributed by atoms with van der Waals surface area (Å²) in [5.74, 6) is -0.962. The zero-order valence-corrected chi connectivity index (χ0v) is 11.6. The van der Waals surface area contributed by atoms with Gasteiger partial charge in [-0.25, -0.2) is 0 Å². The number of hydrogen-bond acceptors (Lipinski definition) is 3. The molecule has 1 amide bonds. The molecule has 1 aromatic carbocycles. The average Bonchev–Trinajstić information content (AvgIpc) is 2.86. The Hall–Kier alpha value is -1.88. The number of aryl methyl sites for hydroxylation is 1. The number of nitrogens with zero attached hydrogens (tertiary/aromatic N) is 1. The molecule has 1 fully saturated rings. The molecule has 5 heteroatoms. The molecular weight excluding hydrogens is 256 g/mol. The first kappa shape index (κ1) is 14.5. The fourth-order valence-electron chi connectivity index (χ4n) is 2.54. The fraction of sp³-hybridized carbons (Fsp3) is 0.467. The lowest BCUT2D eigenvalue weighted by atomic mass is 10.1. The Labute approximate surface area is 118 Å². The molecule has 1 aromatic rings. The van der Waals surface area contributed by atoms with Crippen LogP contribution in [0.3, 0.4) is 0 Å². The number of carboxylic acid groups (broad SMARTS) is 1. The van der Waals surface area contributed by atoms with Gasteiger partial charge in [0.05, 0.1) is 6.54 Å².